The SMILES string of the molecule is O=C(Oc1cccc(/C=N/NC(=O)c2ccccc2O)c1)c1ccc(Cl)cc1. The molecule has 0 aromatic heterocycles. The molecule has 1 amide bonds. The van der Waals surface area contributed by atoms with Crippen molar-refractivity contribution in [3.63, 3.8) is 0 Å². The van der Waals surface area contributed by atoms with Crippen LogP contribution in [0.2, 0.25) is 5.02 Å². The lowest BCUT2D eigenvalue weighted by molar-refractivity contribution is 0.0734. The van der Waals surface area contributed by atoms with Crippen LogP contribution in [0.25, 0.3) is 0 Å². The van der Waals surface area contributed by atoms with Gasteiger partial charge in [-0.15, -0.1) is 0 Å². The van der Waals surface area contributed by atoms with Gasteiger partial charge in [0.05, 0.1) is 17.3 Å². The molecular formula is C21H15ClN2O4. The van der Waals surface area contributed by atoms with Crippen molar-refractivity contribution in [3.8, 4) is 11.5 Å². The second-order valence-corrected chi connectivity index (χ2v) is 6.12. The number of aromatic hydroxyl groups is 1. The summed E-state index contributed by atoms with van der Waals surface area (Å²) in [5.74, 6) is -0.861. The fourth-order valence-corrected chi connectivity index (χ4v) is 2.43. The number of halogens is 1. The second-order valence-electron chi connectivity index (χ2n) is 5.69. The van der Waals surface area contributed by atoms with Crippen molar-refractivity contribution >= 4 is 29.7 Å². The van der Waals surface area contributed by atoms with E-state index in [2.05, 4.69) is 10.5 Å². The molecule has 0 aliphatic carbocycles. The number of hydrazone groups is 1. The van der Waals surface area contributed by atoms with Gasteiger partial charge in [-0.25, -0.2) is 10.2 Å². The molecule has 0 saturated heterocycles. The number of nitrogens with zero attached hydrogens (tertiary/aromatic N) is 1. The van der Waals surface area contributed by atoms with Gasteiger partial charge < -0.3 is 9.84 Å². The van der Waals surface area contributed by atoms with Crippen LogP contribution < -0.4 is 10.2 Å². The summed E-state index contributed by atoms with van der Waals surface area (Å²) in [5.41, 5.74) is 3.43. The summed E-state index contributed by atoms with van der Waals surface area (Å²) in [6.45, 7) is 0. The molecule has 0 bridgehead atoms. The Morgan fingerprint density at radius 1 is 1.00 bits per heavy atom. The van der Waals surface area contributed by atoms with E-state index < -0.39 is 11.9 Å². The van der Waals surface area contributed by atoms with Gasteiger partial charge in [0.2, 0.25) is 0 Å². The number of esters is 1. The summed E-state index contributed by atoms with van der Waals surface area (Å²) in [6, 6.07) is 19.2. The Hall–Kier alpha value is -3.64. The van der Waals surface area contributed by atoms with Crippen LogP contribution in [0, 0.1) is 0 Å². The van der Waals surface area contributed by atoms with Crippen LogP contribution in [-0.2, 0) is 0 Å². The molecule has 0 aliphatic rings. The normalized spacial score (nSPS) is 10.6. The van der Waals surface area contributed by atoms with Crippen LogP contribution in [0.3, 0.4) is 0 Å². The Morgan fingerprint density at radius 3 is 2.50 bits per heavy atom. The molecule has 7 heteroatoms. The minimum Gasteiger partial charge on any atom is -0.507 e. The Morgan fingerprint density at radius 2 is 1.75 bits per heavy atom. The number of amides is 1. The van der Waals surface area contributed by atoms with Gasteiger partial charge in [0.15, 0.2) is 0 Å². The fraction of sp³-hybridized carbons (Fsp3) is 0. The summed E-state index contributed by atoms with van der Waals surface area (Å²) in [5, 5.41) is 14.0. The Labute approximate surface area is 166 Å². The summed E-state index contributed by atoms with van der Waals surface area (Å²) in [6.07, 6.45) is 1.40. The van der Waals surface area contributed by atoms with Crippen LogP contribution in [0.15, 0.2) is 77.9 Å². The van der Waals surface area contributed by atoms with E-state index in [0.717, 1.165) is 0 Å². The molecule has 6 nitrogen and oxygen atoms in total. The first-order chi connectivity index (χ1) is 13.5. The van der Waals surface area contributed by atoms with Crippen molar-refractivity contribution in [1.82, 2.24) is 5.43 Å². The largest absolute Gasteiger partial charge is 0.507 e. The first kappa shape index (κ1) is 19.1. The third-order valence-corrected chi connectivity index (χ3v) is 3.93. The molecule has 3 rings (SSSR count). The van der Waals surface area contributed by atoms with Gasteiger partial charge in [0, 0.05) is 5.02 Å². The number of carbonyl (C=O) groups is 2. The first-order valence-corrected chi connectivity index (χ1v) is 8.60. The molecule has 3 aromatic rings. The minimum absolute atomic E-state index is 0.116. The zero-order valence-electron chi connectivity index (χ0n) is 14.5. The molecule has 140 valence electrons. The topological polar surface area (TPSA) is 88.0 Å². The third kappa shape index (κ3) is 4.96. The van der Waals surface area contributed by atoms with Crippen LogP contribution >= 0.6 is 11.6 Å². The van der Waals surface area contributed by atoms with E-state index in [4.69, 9.17) is 16.3 Å². The summed E-state index contributed by atoms with van der Waals surface area (Å²) >= 11 is 5.81. The number of benzene rings is 3. The molecular weight excluding hydrogens is 380 g/mol. The lowest BCUT2D eigenvalue weighted by Crippen LogP contribution is -2.17. The van der Waals surface area contributed by atoms with Crippen molar-refractivity contribution in [2.75, 3.05) is 0 Å². The average molecular weight is 395 g/mol. The van der Waals surface area contributed by atoms with E-state index in [1.807, 2.05) is 0 Å². The van der Waals surface area contributed by atoms with Gasteiger partial charge in [0.25, 0.3) is 5.91 Å². The van der Waals surface area contributed by atoms with Crippen molar-refractivity contribution in [2.45, 2.75) is 0 Å². The smallest absolute Gasteiger partial charge is 0.343 e. The number of para-hydroxylation sites is 1. The molecule has 0 heterocycles. The predicted octanol–water partition coefficient (Wildman–Crippen LogP) is 4.03. The molecule has 0 radical (unpaired) electrons. The fourth-order valence-electron chi connectivity index (χ4n) is 2.30. The van der Waals surface area contributed by atoms with Crippen LogP contribution in [-0.4, -0.2) is 23.2 Å². The number of phenolic OH excluding ortho intramolecular Hbond substituents is 1. The van der Waals surface area contributed by atoms with E-state index >= 15 is 0 Å². The number of nitrogens with one attached hydrogen (secondary N) is 1. The number of phenols is 1. The number of hydrogen-bond acceptors (Lipinski definition) is 5. The highest BCUT2D eigenvalue weighted by molar-refractivity contribution is 6.30. The molecule has 0 spiro atoms. The van der Waals surface area contributed by atoms with Gasteiger partial charge in [-0.3, -0.25) is 4.79 Å². The zero-order valence-corrected chi connectivity index (χ0v) is 15.3. The Balaban J connectivity index is 1.63. The monoisotopic (exact) mass is 394 g/mol. The molecule has 0 unspecified atom stereocenters. The lowest BCUT2D eigenvalue weighted by atomic mass is 10.2. The lowest BCUT2D eigenvalue weighted by Gasteiger charge is -2.05. The molecule has 0 aliphatic heterocycles. The van der Waals surface area contributed by atoms with Gasteiger partial charge in [-0.1, -0.05) is 35.9 Å². The van der Waals surface area contributed by atoms with E-state index in [1.54, 1.807) is 60.7 Å². The van der Waals surface area contributed by atoms with Crippen molar-refractivity contribution < 1.29 is 19.4 Å². The standard InChI is InChI=1S/C21H15ClN2O4/c22-16-10-8-15(9-11-16)21(27)28-17-5-3-4-14(12-17)13-23-24-20(26)18-6-1-2-7-19(18)25/h1-13,25H,(H,24,26)/b23-13+. The molecule has 2 N–H and O–H groups in total. The Bertz CT molecular complexity index is 1030. The molecule has 28 heavy (non-hydrogen) atoms. The van der Waals surface area contributed by atoms with Crippen LogP contribution in [0.4, 0.5) is 0 Å². The highest BCUT2D eigenvalue weighted by Gasteiger charge is 2.10. The molecule has 0 fully saturated rings. The predicted molar refractivity (Wildman–Crippen MR) is 106 cm³/mol. The summed E-state index contributed by atoms with van der Waals surface area (Å²) < 4.78 is 5.33. The van der Waals surface area contributed by atoms with Crippen molar-refractivity contribution in [3.05, 3.63) is 94.5 Å². The van der Waals surface area contributed by atoms with Gasteiger partial charge in [0.1, 0.15) is 11.5 Å². The minimum atomic E-state index is -0.542. The number of rotatable bonds is 5. The second kappa shape index (κ2) is 8.83. The molecule has 0 saturated carbocycles. The number of hydrogen-bond donors (Lipinski definition) is 2. The highest BCUT2D eigenvalue weighted by atomic mass is 35.5. The quantitative estimate of drug-likeness (QED) is 0.296. The maximum absolute atomic E-state index is 12.1. The maximum atomic E-state index is 12.1. The van der Waals surface area contributed by atoms with Gasteiger partial charge >= 0.3 is 5.97 Å². The Kier molecular flexibility index (Phi) is 6.04. The van der Waals surface area contributed by atoms with Crippen LogP contribution in [0.1, 0.15) is 26.3 Å². The highest BCUT2D eigenvalue weighted by Crippen LogP contribution is 2.17. The first-order valence-electron chi connectivity index (χ1n) is 8.22. The maximum Gasteiger partial charge on any atom is 0.343 e. The number of carbonyl (C=O) groups excluding carboxylic acids is 2. The third-order valence-electron chi connectivity index (χ3n) is 3.68. The van der Waals surface area contributed by atoms with E-state index in [9.17, 15) is 14.7 Å². The summed E-state index contributed by atoms with van der Waals surface area (Å²) in [4.78, 5) is 24.1. The van der Waals surface area contributed by atoms with Gasteiger partial charge in [-0.05, 0) is 54.1 Å². The molecule has 0 atom stereocenters. The summed E-state index contributed by atoms with van der Waals surface area (Å²) in [7, 11) is 0. The van der Waals surface area contributed by atoms with E-state index in [1.165, 1.54) is 18.3 Å². The van der Waals surface area contributed by atoms with Crippen molar-refractivity contribution in [1.29, 1.82) is 0 Å². The van der Waals surface area contributed by atoms with Crippen LogP contribution in [0.5, 0.6) is 11.5 Å². The molecule has 3 aromatic carbocycles. The average Bonchev–Trinajstić information content (AvgIpc) is 2.69. The van der Waals surface area contributed by atoms with Crippen molar-refractivity contribution in [2.24, 2.45) is 5.10 Å². The van der Waals surface area contributed by atoms with E-state index in [0.29, 0.717) is 21.9 Å². The number of ether oxygens (including phenoxy) is 1. The van der Waals surface area contributed by atoms with Gasteiger partial charge in [-0.2, -0.15) is 5.10 Å². The van der Waals surface area contributed by atoms with E-state index in [-0.39, 0.29) is 11.3 Å². The zero-order chi connectivity index (χ0) is 19.9.